The van der Waals surface area contributed by atoms with Gasteiger partial charge in [-0.1, -0.05) is 43.0 Å². The topological polar surface area (TPSA) is 98.0 Å². The van der Waals surface area contributed by atoms with Gasteiger partial charge in [-0.15, -0.1) is 0 Å². The lowest BCUT2D eigenvalue weighted by molar-refractivity contribution is -0.137. The van der Waals surface area contributed by atoms with Crippen molar-refractivity contribution < 1.29 is 25.2 Å². The van der Waals surface area contributed by atoms with Crippen LogP contribution in [0.2, 0.25) is 5.02 Å². The van der Waals surface area contributed by atoms with Crippen molar-refractivity contribution in [1.82, 2.24) is 0 Å². The van der Waals surface area contributed by atoms with E-state index in [9.17, 15) is 20.1 Å². The standard InChI is InChI=1S/C22H33ClO5S/c1-22(28,13-15-8-10-16(23)11-9-15)14-29-21-17(18(24)12-19(21)25)6-4-2-3-5-7-20(26)27/h8-11,17-19,21,24-25,28H,2-7,12-14H2,1H3,(H,26,27)/t17-,18?,19?,21+,22?/m0/s1. The number of hydrogen-bond donors (Lipinski definition) is 4. The molecule has 0 heterocycles. The number of carboxylic acid groups (broad SMARTS) is 1. The molecule has 164 valence electrons. The molecule has 1 aliphatic rings. The van der Waals surface area contributed by atoms with Crippen LogP contribution in [0.15, 0.2) is 24.3 Å². The molecule has 7 heteroatoms. The maximum absolute atomic E-state index is 10.8. The zero-order valence-corrected chi connectivity index (χ0v) is 18.5. The molecule has 4 N–H and O–H groups in total. The molecule has 1 aliphatic carbocycles. The van der Waals surface area contributed by atoms with Crippen molar-refractivity contribution in [2.75, 3.05) is 5.75 Å². The summed E-state index contributed by atoms with van der Waals surface area (Å²) >= 11 is 7.46. The molecule has 0 amide bonds. The van der Waals surface area contributed by atoms with Crippen LogP contribution in [-0.2, 0) is 11.2 Å². The third-order valence-corrected chi connectivity index (χ3v) is 7.63. The minimum absolute atomic E-state index is 0.000746. The summed E-state index contributed by atoms with van der Waals surface area (Å²) in [5, 5.41) is 40.8. The molecule has 5 nitrogen and oxygen atoms in total. The molecule has 5 atom stereocenters. The van der Waals surface area contributed by atoms with Gasteiger partial charge < -0.3 is 20.4 Å². The second-order valence-corrected chi connectivity index (χ2v) is 10.1. The van der Waals surface area contributed by atoms with Crippen LogP contribution in [0.4, 0.5) is 0 Å². The molecule has 2 rings (SSSR count). The summed E-state index contributed by atoms with van der Waals surface area (Å²) in [5.74, 6) is -0.290. The Hall–Kier alpha value is -0.790. The molecule has 0 spiro atoms. The minimum Gasteiger partial charge on any atom is -0.481 e. The Balaban J connectivity index is 1.81. The molecule has 29 heavy (non-hydrogen) atoms. The number of carboxylic acids is 1. The Kier molecular flexibility index (Phi) is 9.76. The number of rotatable bonds is 12. The van der Waals surface area contributed by atoms with Crippen LogP contribution >= 0.6 is 23.4 Å². The summed E-state index contributed by atoms with van der Waals surface area (Å²) in [7, 11) is 0. The van der Waals surface area contributed by atoms with Gasteiger partial charge in [0.1, 0.15) is 0 Å². The quantitative estimate of drug-likeness (QED) is 0.365. The van der Waals surface area contributed by atoms with E-state index in [1.165, 1.54) is 0 Å². The first-order valence-corrected chi connectivity index (χ1v) is 11.8. The van der Waals surface area contributed by atoms with E-state index >= 15 is 0 Å². The molecule has 1 aromatic rings. The van der Waals surface area contributed by atoms with E-state index in [2.05, 4.69) is 0 Å². The molecule has 1 aromatic carbocycles. The van der Waals surface area contributed by atoms with Crippen molar-refractivity contribution in [3.63, 3.8) is 0 Å². The number of aliphatic carboxylic acids is 1. The van der Waals surface area contributed by atoms with E-state index in [1.54, 1.807) is 18.7 Å². The first-order valence-electron chi connectivity index (χ1n) is 10.3. The molecule has 0 aromatic heterocycles. The van der Waals surface area contributed by atoms with Gasteiger partial charge in [0.05, 0.1) is 17.8 Å². The maximum Gasteiger partial charge on any atom is 0.303 e. The molecule has 0 radical (unpaired) electrons. The number of unbranched alkanes of at least 4 members (excludes halogenated alkanes) is 3. The summed E-state index contributed by atoms with van der Waals surface area (Å²) in [4.78, 5) is 10.6. The Morgan fingerprint density at radius 1 is 1.14 bits per heavy atom. The molecule has 0 saturated heterocycles. The van der Waals surface area contributed by atoms with Gasteiger partial charge in [0.25, 0.3) is 0 Å². The average molecular weight is 445 g/mol. The summed E-state index contributed by atoms with van der Waals surface area (Å²) in [6.45, 7) is 1.80. The molecule has 1 fully saturated rings. The summed E-state index contributed by atoms with van der Waals surface area (Å²) < 4.78 is 0. The second-order valence-electron chi connectivity index (χ2n) is 8.46. The second kappa shape index (κ2) is 11.6. The third kappa shape index (κ3) is 8.46. The van der Waals surface area contributed by atoms with Crippen molar-refractivity contribution in [3.05, 3.63) is 34.9 Å². The van der Waals surface area contributed by atoms with Crippen molar-refractivity contribution >= 4 is 29.3 Å². The van der Waals surface area contributed by atoms with E-state index in [0.717, 1.165) is 31.2 Å². The highest BCUT2D eigenvalue weighted by Crippen LogP contribution is 2.40. The maximum atomic E-state index is 10.8. The van der Waals surface area contributed by atoms with E-state index < -0.39 is 23.8 Å². The number of carbonyl (C=O) groups is 1. The lowest BCUT2D eigenvalue weighted by Gasteiger charge is -2.28. The number of aliphatic hydroxyl groups is 3. The van der Waals surface area contributed by atoms with Crippen LogP contribution in [0.1, 0.15) is 57.4 Å². The Morgan fingerprint density at radius 2 is 1.79 bits per heavy atom. The molecular weight excluding hydrogens is 412 g/mol. The molecule has 0 bridgehead atoms. The largest absolute Gasteiger partial charge is 0.481 e. The van der Waals surface area contributed by atoms with Gasteiger partial charge >= 0.3 is 5.97 Å². The van der Waals surface area contributed by atoms with Gasteiger partial charge in [0, 0.05) is 35.3 Å². The average Bonchev–Trinajstić information content (AvgIpc) is 2.90. The number of thioether (sulfide) groups is 1. The SMILES string of the molecule is CC(O)(CS[C@H]1C(O)CC(O)[C@@H]1CCCCCCC(=O)O)Cc1ccc(Cl)cc1. The summed E-state index contributed by atoms with van der Waals surface area (Å²) in [5.41, 5.74) is 0.0811. The predicted molar refractivity (Wildman–Crippen MR) is 117 cm³/mol. The van der Waals surface area contributed by atoms with Gasteiger partial charge in [0.15, 0.2) is 0 Å². The first kappa shape index (κ1) is 24.5. The van der Waals surface area contributed by atoms with Crippen LogP contribution in [-0.4, -0.2) is 55.2 Å². The summed E-state index contributed by atoms with van der Waals surface area (Å²) in [6, 6.07) is 7.43. The number of halogens is 1. The van der Waals surface area contributed by atoms with Crippen LogP contribution in [0.5, 0.6) is 0 Å². The Labute approximate surface area is 182 Å². The van der Waals surface area contributed by atoms with Crippen molar-refractivity contribution in [1.29, 1.82) is 0 Å². The molecular formula is C22H33ClO5S. The van der Waals surface area contributed by atoms with Gasteiger partial charge in [-0.25, -0.2) is 0 Å². The van der Waals surface area contributed by atoms with Crippen LogP contribution < -0.4 is 0 Å². The van der Waals surface area contributed by atoms with Crippen molar-refractivity contribution in [2.45, 2.75) is 81.3 Å². The fourth-order valence-electron chi connectivity index (χ4n) is 4.03. The zero-order chi connectivity index (χ0) is 21.4. The van der Waals surface area contributed by atoms with Crippen LogP contribution in [0.25, 0.3) is 0 Å². The van der Waals surface area contributed by atoms with E-state index in [1.807, 2.05) is 24.3 Å². The first-order chi connectivity index (χ1) is 13.7. The van der Waals surface area contributed by atoms with E-state index in [0.29, 0.717) is 30.0 Å². The Morgan fingerprint density at radius 3 is 2.45 bits per heavy atom. The highest BCUT2D eigenvalue weighted by atomic mass is 35.5. The van der Waals surface area contributed by atoms with Crippen LogP contribution in [0, 0.1) is 5.92 Å². The fraction of sp³-hybridized carbons (Fsp3) is 0.682. The lowest BCUT2D eigenvalue weighted by atomic mass is 9.97. The van der Waals surface area contributed by atoms with Gasteiger partial charge in [-0.2, -0.15) is 11.8 Å². The lowest BCUT2D eigenvalue weighted by Crippen LogP contribution is -2.34. The fourth-order valence-corrected chi connectivity index (χ4v) is 5.71. The van der Waals surface area contributed by atoms with Crippen molar-refractivity contribution in [3.8, 4) is 0 Å². The highest BCUT2D eigenvalue weighted by Gasteiger charge is 2.42. The molecule has 0 aliphatic heterocycles. The number of hydrogen-bond acceptors (Lipinski definition) is 5. The third-order valence-electron chi connectivity index (χ3n) is 5.54. The Bertz CT molecular complexity index is 637. The summed E-state index contributed by atoms with van der Waals surface area (Å²) in [6.07, 6.45) is 4.17. The number of benzene rings is 1. The monoisotopic (exact) mass is 444 g/mol. The normalized spacial score (nSPS) is 26.4. The molecule has 1 saturated carbocycles. The van der Waals surface area contributed by atoms with Crippen LogP contribution in [0.3, 0.4) is 0 Å². The van der Waals surface area contributed by atoms with E-state index in [4.69, 9.17) is 16.7 Å². The smallest absolute Gasteiger partial charge is 0.303 e. The predicted octanol–water partition coefficient (Wildman–Crippen LogP) is 3.90. The highest BCUT2D eigenvalue weighted by molar-refractivity contribution is 8.00. The van der Waals surface area contributed by atoms with Crippen molar-refractivity contribution in [2.24, 2.45) is 5.92 Å². The van der Waals surface area contributed by atoms with Gasteiger partial charge in [0.2, 0.25) is 0 Å². The van der Waals surface area contributed by atoms with Gasteiger partial charge in [-0.3, -0.25) is 4.79 Å². The van der Waals surface area contributed by atoms with Gasteiger partial charge in [-0.05, 0) is 43.4 Å². The number of aliphatic hydroxyl groups excluding tert-OH is 2. The van der Waals surface area contributed by atoms with E-state index in [-0.39, 0.29) is 17.6 Å². The zero-order valence-electron chi connectivity index (χ0n) is 17.0. The molecule has 3 unspecified atom stereocenters. The minimum atomic E-state index is -0.923.